The quantitative estimate of drug-likeness (QED) is 0.759. The van der Waals surface area contributed by atoms with Crippen molar-refractivity contribution in [2.75, 3.05) is 32.7 Å². The summed E-state index contributed by atoms with van der Waals surface area (Å²) in [7, 11) is 0. The maximum absolute atomic E-state index is 13.6. The minimum Gasteiger partial charge on any atom is -0.352 e. The van der Waals surface area contributed by atoms with E-state index in [1.54, 1.807) is 6.20 Å². The molecule has 4 rings (SSSR count). The van der Waals surface area contributed by atoms with Gasteiger partial charge in [0.1, 0.15) is 5.54 Å². The van der Waals surface area contributed by atoms with E-state index in [4.69, 9.17) is 0 Å². The molecule has 0 spiro atoms. The predicted molar refractivity (Wildman–Crippen MR) is 118 cm³/mol. The van der Waals surface area contributed by atoms with Gasteiger partial charge >= 0.3 is 0 Å². The Bertz CT molecular complexity index is 821. The third-order valence-corrected chi connectivity index (χ3v) is 6.17. The van der Waals surface area contributed by atoms with Crippen LogP contribution in [-0.2, 0) is 10.3 Å². The summed E-state index contributed by atoms with van der Waals surface area (Å²) in [6.45, 7) is 3.68. The number of aromatic nitrogens is 2. The molecule has 30 heavy (non-hydrogen) atoms. The smallest absolute Gasteiger partial charge is 0.251 e. The van der Waals surface area contributed by atoms with E-state index < -0.39 is 5.54 Å². The molecular weight excluding hydrogens is 402 g/mol. The Labute approximate surface area is 183 Å². The van der Waals surface area contributed by atoms with Crippen molar-refractivity contribution in [1.29, 1.82) is 0 Å². The van der Waals surface area contributed by atoms with Gasteiger partial charge in [0.05, 0.1) is 0 Å². The van der Waals surface area contributed by atoms with Crippen molar-refractivity contribution >= 4 is 24.2 Å². The van der Waals surface area contributed by atoms with Crippen LogP contribution in [0.1, 0.15) is 36.0 Å². The summed E-state index contributed by atoms with van der Waals surface area (Å²) in [6, 6.07) is 11.1. The molecule has 0 aliphatic carbocycles. The predicted octanol–water partition coefficient (Wildman–Crippen LogP) is 2.05. The molecule has 1 atom stereocenters. The average molecular weight is 432 g/mol. The van der Waals surface area contributed by atoms with E-state index in [-0.39, 0.29) is 30.1 Å². The fraction of sp³-hybridized carbons (Fsp3) is 0.500. The average Bonchev–Trinajstić information content (AvgIpc) is 3.34. The number of likely N-dealkylation sites (tertiary alicyclic amines) is 1. The highest BCUT2D eigenvalue weighted by Gasteiger charge is 2.45. The van der Waals surface area contributed by atoms with Crippen LogP contribution in [0.2, 0.25) is 0 Å². The first-order valence-corrected chi connectivity index (χ1v) is 10.5. The van der Waals surface area contributed by atoms with Gasteiger partial charge in [0.15, 0.2) is 0 Å². The molecule has 2 aromatic rings. The summed E-state index contributed by atoms with van der Waals surface area (Å²) in [5.41, 5.74) is 0.0767. The van der Waals surface area contributed by atoms with Crippen molar-refractivity contribution in [3.05, 3.63) is 54.4 Å². The lowest BCUT2D eigenvalue weighted by Crippen LogP contribution is -2.57. The molecule has 162 valence electrons. The van der Waals surface area contributed by atoms with Crippen LogP contribution in [0.3, 0.4) is 0 Å². The molecule has 1 aromatic heterocycles. The van der Waals surface area contributed by atoms with Gasteiger partial charge in [-0.15, -0.1) is 12.4 Å². The molecule has 0 saturated carbocycles. The lowest BCUT2D eigenvalue weighted by molar-refractivity contribution is -0.145. The summed E-state index contributed by atoms with van der Waals surface area (Å²) in [5.74, 6) is 0.388. The largest absolute Gasteiger partial charge is 0.352 e. The molecule has 8 heteroatoms. The highest BCUT2D eigenvalue weighted by molar-refractivity contribution is 5.94. The molecule has 1 unspecified atom stereocenters. The van der Waals surface area contributed by atoms with Gasteiger partial charge in [-0.05, 0) is 62.9 Å². The van der Waals surface area contributed by atoms with Gasteiger partial charge in [-0.1, -0.05) is 18.2 Å². The third kappa shape index (κ3) is 4.68. The van der Waals surface area contributed by atoms with Gasteiger partial charge < -0.3 is 15.5 Å². The van der Waals surface area contributed by atoms with E-state index in [9.17, 15) is 9.59 Å². The van der Waals surface area contributed by atoms with Crippen LogP contribution in [-0.4, -0.2) is 59.2 Å². The van der Waals surface area contributed by atoms with Crippen LogP contribution in [0, 0.1) is 5.92 Å². The number of nitrogens with zero attached hydrogens (tertiary/aromatic N) is 3. The molecule has 0 radical (unpaired) electrons. The Hall–Kier alpha value is -2.38. The number of piperidine rings is 2. The number of hydrogen-bond acceptors (Lipinski definition) is 4. The second-order valence-corrected chi connectivity index (χ2v) is 8.07. The van der Waals surface area contributed by atoms with Crippen molar-refractivity contribution in [2.45, 2.75) is 31.2 Å². The highest BCUT2D eigenvalue weighted by atomic mass is 35.5. The fourth-order valence-corrected chi connectivity index (χ4v) is 4.54. The van der Waals surface area contributed by atoms with E-state index in [2.05, 4.69) is 15.7 Å². The Morgan fingerprint density at radius 3 is 2.63 bits per heavy atom. The number of hydrogen-bond donors (Lipinski definition) is 2. The van der Waals surface area contributed by atoms with Crippen LogP contribution in [0.25, 0.3) is 0 Å². The molecule has 1 aromatic carbocycles. The van der Waals surface area contributed by atoms with Gasteiger partial charge in [0.25, 0.3) is 11.8 Å². The SMILES string of the molecule is Cl.O=C(NCC1CCCN(C(=O)C2(n3cccn3)CCNCC2)C1)c1ccccc1. The minimum absolute atomic E-state index is 0. The van der Waals surface area contributed by atoms with Crippen LogP contribution >= 0.6 is 12.4 Å². The summed E-state index contributed by atoms with van der Waals surface area (Å²) in [6.07, 6.45) is 7.14. The standard InChI is InChI=1S/C22H29N5O2.ClH/c28-20(19-7-2-1-3-8-19)24-16-18-6-4-14-26(17-18)21(29)22(9-12-23-13-10-22)27-15-5-11-25-27;/h1-3,5,7-8,11,15,18,23H,4,6,9-10,12-14,16-17H2,(H,24,28);1H. The lowest BCUT2D eigenvalue weighted by atomic mass is 9.85. The molecule has 0 bridgehead atoms. The highest BCUT2D eigenvalue weighted by Crippen LogP contribution is 2.31. The maximum Gasteiger partial charge on any atom is 0.251 e. The Morgan fingerprint density at radius 1 is 1.17 bits per heavy atom. The van der Waals surface area contributed by atoms with Crippen LogP contribution in [0.15, 0.2) is 48.8 Å². The molecule has 2 fully saturated rings. The normalized spacial score (nSPS) is 20.8. The van der Waals surface area contributed by atoms with Gasteiger partial charge in [0, 0.05) is 37.6 Å². The topological polar surface area (TPSA) is 79.3 Å². The van der Waals surface area contributed by atoms with Crippen molar-refractivity contribution in [1.82, 2.24) is 25.3 Å². The van der Waals surface area contributed by atoms with Gasteiger partial charge in [-0.25, -0.2) is 0 Å². The zero-order chi connectivity index (χ0) is 20.1. The number of carbonyl (C=O) groups is 2. The Kier molecular flexibility index (Phi) is 7.50. The number of carbonyl (C=O) groups excluding carboxylic acids is 2. The Balaban J connectivity index is 0.00000256. The van der Waals surface area contributed by atoms with Gasteiger partial charge in [-0.2, -0.15) is 5.10 Å². The molecular formula is C22H30ClN5O2. The van der Waals surface area contributed by atoms with E-state index in [0.29, 0.717) is 18.7 Å². The molecule has 2 N–H and O–H groups in total. The van der Waals surface area contributed by atoms with E-state index in [0.717, 1.165) is 45.3 Å². The lowest BCUT2D eigenvalue weighted by Gasteiger charge is -2.42. The van der Waals surface area contributed by atoms with Crippen LogP contribution in [0.5, 0.6) is 0 Å². The van der Waals surface area contributed by atoms with Crippen LogP contribution < -0.4 is 10.6 Å². The monoisotopic (exact) mass is 431 g/mol. The summed E-state index contributed by atoms with van der Waals surface area (Å²) < 4.78 is 1.86. The molecule has 2 amide bonds. The summed E-state index contributed by atoms with van der Waals surface area (Å²) >= 11 is 0. The van der Waals surface area contributed by atoms with Crippen LogP contribution in [0.4, 0.5) is 0 Å². The van der Waals surface area contributed by atoms with E-state index in [1.165, 1.54) is 0 Å². The summed E-state index contributed by atoms with van der Waals surface area (Å²) in [4.78, 5) is 28.0. The van der Waals surface area contributed by atoms with Crippen molar-refractivity contribution in [3.63, 3.8) is 0 Å². The number of nitrogens with one attached hydrogen (secondary N) is 2. The van der Waals surface area contributed by atoms with Crippen molar-refractivity contribution in [3.8, 4) is 0 Å². The first kappa shape index (κ1) is 22.3. The van der Waals surface area contributed by atoms with E-state index >= 15 is 0 Å². The molecule has 2 aliphatic heterocycles. The van der Waals surface area contributed by atoms with E-state index in [1.807, 2.05) is 52.2 Å². The molecule has 3 heterocycles. The molecule has 7 nitrogen and oxygen atoms in total. The Morgan fingerprint density at radius 2 is 1.93 bits per heavy atom. The summed E-state index contributed by atoms with van der Waals surface area (Å²) in [5, 5.41) is 10.8. The second kappa shape index (κ2) is 10.1. The maximum atomic E-state index is 13.6. The first-order chi connectivity index (χ1) is 14.2. The molecule has 2 saturated heterocycles. The first-order valence-electron chi connectivity index (χ1n) is 10.5. The number of amides is 2. The van der Waals surface area contributed by atoms with Crippen molar-refractivity contribution in [2.24, 2.45) is 5.92 Å². The second-order valence-electron chi connectivity index (χ2n) is 8.07. The zero-order valence-corrected chi connectivity index (χ0v) is 17.9. The third-order valence-electron chi connectivity index (χ3n) is 6.17. The number of halogens is 1. The fourth-order valence-electron chi connectivity index (χ4n) is 4.54. The zero-order valence-electron chi connectivity index (χ0n) is 17.1. The van der Waals surface area contributed by atoms with Gasteiger partial charge in [0.2, 0.25) is 0 Å². The number of benzene rings is 1. The van der Waals surface area contributed by atoms with Gasteiger partial charge in [-0.3, -0.25) is 14.3 Å². The van der Waals surface area contributed by atoms with Crippen molar-refractivity contribution < 1.29 is 9.59 Å². The molecule has 2 aliphatic rings. The minimum atomic E-state index is -0.593. The number of rotatable bonds is 5.